The first-order chi connectivity index (χ1) is 6.63. The second kappa shape index (κ2) is 5.63. The fraction of sp³-hybridized carbons (Fsp3) is 0.500. The van der Waals surface area contributed by atoms with Gasteiger partial charge in [-0.15, -0.1) is 11.3 Å². The van der Waals surface area contributed by atoms with Crippen molar-refractivity contribution in [3.8, 4) is 0 Å². The zero-order valence-corrected chi connectivity index (χ0v) is 10.7. The highest BCUT2D eigenvalue weighted by atomic mass is 79.9. The summed E-state index contributed by atoms with van der Waals surface area (Å²) in [5, 5.41) is 5.29. The highest BCUT2D eigenvalue weighted by molar-refractivity contribution is 9.10. The molecular formula is C10H14BrNOS. The van der Waals surface area contributed by atoms with Crippen LogP contribution >= 0.6 is 27.3 Å². The van der Waals surface area contributed by atoms with Crippen molar-refractivity contribution in [1.82, 2.24) is 5.32 Å². The summed E-state index contributed by atoms with van der Waals surface area (Å²) in [7, 11) is 1.93. The molecule has 1 unspecified atom stereocenters. The molecular weight excluding hydrogens is 262 g/mol. The Morgan fingerprint density at radius 1 is 1.71 bits per heavy atom. The minimum atomic E-state index is 0.251. The average molecular weight is 276 g/mol. The predicted molar refractivity (Wildman–Crippen MR) is 63.7 cm³/mol. The topological polar surface area (TPSA) is 29.1 Å². The molecule has 0 amide bonds. The molecule has 2 nitrogen and oxygen atoms in total. The van der Waals surface area contributed by atoms with Gasteiger partial charge in [-0.2, -0.15) is 0 Å². The van der Waals surface area contributed by atoms with E-state index in [4.69, 9.17) is 0 Å². The van der Waals surface area contributed by atoms with Gasteiger partial charge in [-0.1, -0.05) is 0 Å². The van der Waals surface area contributed by atoms with Crippen molar-refractivity contribution in [2.75, 3.05) is 7.05 Å². The lowest BCUT2D eigenvalue weighted by atomic mass is 10.1. The van der Waals surface area contributed by atoms with Gasteiger partial charge in [0.2, 0.25) is 0 Å². The zero-order valence-electron chi connectivity index (χ0n) is 8.34. The number of ketones is 1. The summed E-state index contributed by atoms with van der Waals surface area (Å²) in [6.07, 6.45) is 1.51. The van der Waals surface area contributed by atoms with Crippen molar-refractivity contribution in [2.45, 2.75) is 25.8 Å². The number of nitrogens with one attached hydrogen (secondary N) is 1. The summed E-state index contributed by atoms with van der Waals surface area (Å²) in [5.74, 6) is 0.251. The van der Waals surface area contributed by atoms with E-state index in [0.29, 0.717) is 12.5 Å². The molecule has 0 aliphatic rings. The fourth-order valence-corrected chi connectivity index (χ4v) is 2.88. The summed E-state index contributed by atoms with van der Waals surface area (Å²) in [6.45, 7) is 1.64. The number of hydrogen-bond acceptors (Lipinski definition) is 3. The summed E-state index contributed by atoms with van der Waals surface area (Å²) in [6, 6.07) is 2.40. The molecule has 1 aromatic rings. The maximum atomic E-state index is 10.9. The molecule has 0 aromatic carbocycles. The van der Waals surface area contributed by atoms with Gasteiger partial charge in [0.15, 0.2) is 0 Å². The van der Waals surface area contributed by atoms with Gasteiger partial charge >= 0.3 is 0 Å². The largest absolute Gasteiger partial charge is 0.312 e. The van der Waals surface area contributed by atoms with E-state index in [1.807, 2.05) is 7.05 Å². The molecule has 0 bridgehead atoms. The second-order valence-corrected chi connectivity index (χ2v) is 5.11. The van der Waals surface area contributed by atoms with Gasteiger partial charge in [0, 0.05) is 27.2 Å². The third-order valence-electron chi connectivity index (χ3n) is 2.06. The lowest BCUT2D eigenvalue weighted by Gasteiger charge is -2.12. The Hall–Kier alpha value is -0.190. The summed E-state index contributed by atoms with van der Waals surface area (Å²) >= 11 is 5.14. The standard InChI is InChI=1S/C10H14BrNOS/c1-7(13)3-4-9(12-2)10-5-8(11)6-14-10/h5-6,9,12H,3-4H2,1-2H3. The van der Waals surface area contributed by atoms with Gasteiger partial charge in [-0.3, -0.25) is 0 Å². The molecule has 14 heavy (non-hydrogen) atoms. The Kier molecular flexibility index (Phi) is 4.78. The molecule has 0 spiro atoms. The van der Waals surface area contributed by atoms with Crippen LogP contribution in [0.5, 0.6) is 0 Å². The normalized spacial score (nSPS) is 12.8. The molecule has 78 valence electrons. The third kappa shape index (κ3) is 3.52. The van der Waals surface area contributed by atoms with Crippen LogP contribution in [-0.4, -0.2) is 12.8 Å². The highest BCUT2D eigenvalue weighted by Gasteiger charge is 2.11. The maximum absolute atomic E-state index is 10.9. The quantitative estimate of drug-likeness (QED) is 0.895. The molecule has 0 aliphatic carbocycles. The van der Waals surface area contributed by atoms with Gasteiger partial charge in [0.1, 0.15) is 5.78 Å². The van der Waals surface area contributed by atoms with E-state index < -0.39 is 0 Å². The lowest BCUT2D eigenvalue weighted by molar-refractivity contribution is -0.117. The summed E-state index contributed by atoms with van der Waals surface area (Å²) in [5.41, 5.74) is 0. The second-order valence-electron chi connectivity index (χ2n) is 3.25. The van der Waals surface area contributed by atoms with Crippen molar-refractivity contribution < 1.29 is 4.79 Å². The monoisotopic (exact) mass is 275 g/mol. The molecule has 1 aromatic heterocycles. The number of Topliss-reactive ketones (excluding diaryl/α,β-unsaturated/α-hetero) is 1. The van der Waals surface area contributed by atoms with Crippen LogP contribution < -0.4 is 5.32 Å². The third-order valence-corrected chi connectivity index (χ3v) is 3.87. The zero-order chi connectivity index (χ0) is 10.6. The molecule has 0 fully saturated rings. The Bertz CT molecular complexity index is 311. The van der Waals surface area contributed by atoms with Crippen LogP contribution in [0.1, 0.15) is 30.7 Å². The lowest BCUT2D eigenvalue weighted by Crippen LogP contribution is -2.15. The van der Waals surface area contributed by atoms with Gasteiger partial charge in [0.25, 0.3) is 0 Å². The average Bonchev–Trinajstić information content (AvgIpc) is 2.53. The first-order valence-corrected chi connectivity index (χ1v) is 6.21. The van der Waals surface area contributed by atoms with Crippen molar-refractivity contribution in [3.63, 3.8) is 0 Å². The van der Waals surface area contributed by atoms with Gasteiger partial charge < -0.3 is 10.1 Å². The molecule has 4 heteroatoms. The number of rotatable bonds is 5. The Morgan fingerprint density at radius 2 is 2.43 bits per heavy atom. The smallest absolute Gasteiger partial charge is 0.129 e. The first-order valence-electron chi connectivity index (χ1n) is 4.54. The predicted octanol–water partition coefficient (Wildman–Crippen LogP) is 3.14. The number of hydrogen-bond donors (Lipinski definition) is 1. The van der Waals surface area contributed by atoms with E-state index in [2.05, 4.69) is 32.7 Å². The van der Waals surface area contributed by atoms with Gasteiger partial charge in [-0.25, -0.2) is 0 Å². The Labute approximate surface area is 96.8 Å². The van der Waals surface area contributed by atoms with E-state index in [9.17, 15) is 4.79 Å². The summed E-state index contributed by atoms with van der Waals surface area (Å²) < 4.78 is 1.11. The van der Waals surface area contributed by atoms with Crippen molar-refractivity contribution in [2.24, 2.45) is 0 Å². The highest BCUT2D eigenvalue weighted by Crippen LogP contribution is 2.27. The summed E-state index contributed by atoms with van der Waals surface area (Å²) in [4.78, 5) is 12.1. The van der Waals surface area contributed by atoms with Gasteiger partial charge in [0.05, 0.1) is 0 Å². The molecule has 1 rings (SSSR count). The van der Waals surface area contributed by atoms with Crippen LogP contribution in [-0.2, 0) is 4.79 Å². The molecule has 1 atom stereocenters. The number of thiophene rings is 1. The fourth-order valence-electron chi connectivity index (χ4n) is 1.29. The van der Waals surface area contributed by atoms with Crippen molar-refractivity contribution in [3.05, 3.63) is 20.8 Å². The molecule has 0 radical (unpaired) electrons. The van der Waals surface area contributed by atoms with E-state index in [-0.39, 0.29) is 5.78 Å². The first kappa shape index (κ1) is 11.9. The SMILES string of the molecule is CNC(CCC(C)=O)c1cc(Br)cs1. The number of halogens is 1. The number of carbonyl (C=O) groups excluding carboxylic acids is 1. The molecule has 0 aliphatic heterocycles. The van der Waals surface area contributed by atoms with Crippen LogP contribution in [0.2, 0.25) is 0 Å². The molecule has 0 saturated carbocycles. The van der Waals surface area contributed by atoms with E-state index in [1.54, 1.807) is 18.3 Å². The minimum Gasteiger partial charge on any atom is -0.312 e. The van der Waals surface area contributed by atoms with E-state index in [0.717, 1.165) is 10.9 Å². The van der Waals surface area contributed by atoms with Crippen LogP contribution in [0.15, 0.2) is 15.9 Å². The van der Waals surface area contributed by atoms with E-state index >= 15 is 0 Å². The molecule has 1 heterocycles. The molecule has 0 saturated heterocycles. The molecule has 1 N–H and O–H groups in total. The maximum Gasteiger partial charge on any atom is 0.129 e. The van der Waals surface area contributed by atoms with Crippen molar-refractivity contribution >= 4 is 33.0 Å². The van der Waals surface area contributed by atoms with Crippen molar-refractivity contribution in [1.29, 1.82) is 0 Å². The van der Waals surface area contributed by atoms with Gasteiger partial charge in [-0.05, 0) is 42.4 Å². The number of carbonyl (C=O) groups is 1. The van der Waals surface area contributed by atoms with E-state index in [1.165, 1.54) is 4.88 Å². The Balaban J connectivity index is 2.58. The van der Waals surface area contributed by atoms with Crippen LogP contribution in [0, 0.1) is 0 Å². The Morgan fingerprint density at radius 3 is 2.86 bits per heavy atom. The van der Waals surface area contributed by atoms with Crippen LogP contribution in [0.25, 0.3) is 0 Å². The minimum absolute atomic E-state index is 0.251. The van der Waals surface area contributed by atoms with Crippen LogP contribution in [0.3, 0.4) is 0 Å². The van der Waals surface area contributed by atoms with Crippen LogP contribution in [0.4, 0.5) is 0 Å².